The van der Waals surface area contributed by atoms with Gasteiger partial charge in [0.2, 0.25) is 0 Å². The molecule has 25 heavy (non-hydrogen) atoms. The molecule has 1 saturated heterocycles. The highest BCUT2D eigenvalue weighted by Crippen LogP contribution is 2.24. The van der Waals surface area contributed by atoms with Gasteiger partial charge in [-0.15, -0.1) is 0 Å². The summed E-state index contributed by atoms with van der Waals surface area (Å²) in [6.45, 7) is 7.37. The lowest BCUT2D eigenvalue weighted by Crippen LogP contribution is -2.45. The van der Waals surface area contributed by atoms with Crippen molar-refractivity contribution < 1.29 is 13.9 Å². The molecule has 0 spiro atoms. The minimum Gasteiger partial charge on any atom is -0.372 e. The van der Waals surface area contributed by atoms with Gasteiger partial charge in [-0.05, 0) is 44.5 Å². The molecule has 2 atom stereocenters. The van der Waals surface area contributed by atoms with Crippen LogP contribution in [0.5, 0.6) is 0 Å². The number of ether oxygens (including phenoxy) is 1. The molecule has 2 heterocycles. The van der Waals surface area contributed by atoms with Crippen LogP contribution in [0.4, 0.5) is 10.1 Å². The first kappa shape index (κ1) is 17.4. The Morgan fingerprint density at radius 1 is 1.36 bits per heavy atom. The Bertz CT molecular complexity index is 751. The molecule has 1 aliphatic heterocycles. The van der Waals surface area contributed by atoms with Crippen molar-refractivity contribution in [2.75, 3.05) is 18.0 Å². The van der Waals surface area contributed by atoms with Crippen LogP contribution in [0.25, 0.3) is 0 Å². The Balaban J connectivity index is 1.64. The summed E-state index contributed by atoms with van der Waals surface area (Å²) in [4.78, 5) is 14.0. The molecule has 134 valence electrons. The molecule has 0 bridgehead atoms. The lowest BCUT2D eigenvalue weighted by molar-refractivity contribution is -0.00539. The van der Waals surface area contributed by atoms with E-state index < -0.39 is 0 Å². The Labute approximate surface area is 146 Å². The molecule has 1 amide bonds. The highest BCUT2D eigenvalue weighted by atomic mass is 19.1. The summed E-state index contributed by atoms with van der Waals surface area (Å²) in [6, 6.07) is 6.73. The number of nitrogens with one attached hydrogen (secondary N) is 2. The molecule has 2 aromatic rings. The van der Waals surface area contributed by atoms with E-state index in [-0.39, 0.29) is 30.5 Å². The lowest BCUT2D eigenvalue weighted by Gasteiger charge is -2.37. The fourth-order valence-electron chi connectivity index (χ4n) is 3.10. The summed E-state index contributed by atoms with van der Waals surface area (Å²) in [5.74, 6) is -0.576. The lowest BCUT2D eigenvalue weighted by atomic mass is 10.1. The van der Waals surface area contributed by atoms with Gasteiger partial charge < -0.3 is 15.0 Å². The van der Waals surface area contributed by atoms with E-state index >= 15 is 0 Å². The Kier molecular flexibility index (Phi) is 5.03. The molecule has 0 radical (unpaired) electrons. The third kappa shape index (κ3) is 4.17. The van der Waals surface area contributed by atoms with Gasteiger partial charge in [-0.2, -0.15) is 5.10 Å². The number of carbonyl (C=O) groups is 1. The van der Waals surface area contributed by atoms with Crippen LogP contribution >= 0.6 is 0 Å². The van der Waals surface area contributed by atoms with Crippen molar-refractivity contribution in [2.45, 2.75) is 39.5 Å². The van der Waals surface area contributed by atoms with Gasteiger partial charge in [-0.1, -0.05) is 6.07 Å². The molecule has 7 heteroatoms. The number of benzene rings is 1. The van der Waals surface area contributed by atoms with Crippen molar-refractivity contribution in [1.29, 1.82) is 0 Å². The van der Waals surface area contributed by atoms with Crippen LogP contribution in [-0.2, 0) is 11.3 Å². The minimum atomic E-state index is -0.288. The number of carbonyl (C=O) groups excluding carboxylic acids is 1. The van der Waals surface area contributed by atoms with Crippen LogP contribution in [-0.4, -0.2) is 41.4 Å². The summed E-state index contributed by atoms with van der Waals surface area (Å²) < 4.78 is 20.2. The highest BCUT2D eigenvalue weighted by molar-refractivity contribution is 5.92. The molecule has 2 N–H and O–H groups in total. The zero-order valence-electron chi connectivity index (χ0n) is 14.7. The van der Waals surface area contributed by atoms with Gasteiger partial charge in [0.25, 0.3) is 5.91 Å². The number of morpholine rings is 1. The highest BCUT2D eigenvalue weighted by Gasteiger charge is 2.24. The normalized spacial score (nSPS) is 20.6. The van der Waals surface area contributed by atoms with Crippen LogP contribution in [0.15, 0.2) is 24.3 Å². The number of hydrogen-bond donors (Lipinski definition) is 2. The van der Waals surface area contributed by atoms with Gasteiger partial charge in [-0.3, -0.25) is 9.89 Å². The number of anilines is 1. The number of hydrogen-bond acceptors (Lipinski definition) is 4. The average molecular weight is 346 g/mol. The minimum absolute atomic E-state index is 0.0689. The molecule has 1 fully saturated rings. The number of amides is 1. The second-order valence-corrected chi connectivity index (χ2v) is 6.57. The number of aromatic amines is 1. The third-order valence-electron chi connectivity index (χ3n) is 4.16. The third-order valence-corrected chi connectivity index (χ3v) is 4.16. The first-order valence-electron chi connectivity index (χ1n) is 8.41. The van der Waals surface area contributed by atoms with Gasteiger partial charge in [0.15, 0.2) is 0 Å². The van der Waals surface area contributed by atoms with E-state index in [1.54, 1.807) is 12.1 Å². The van der Waals surface area contributed by atoms with Crippen LogP contribution in [0.1, 0.15) is 35.6 Å². The van der Waals surface area contributed by atoms with E-state index in [1.165, 1.54) is 6.07 Å². The number of rotatable bonds is 4. The van der Waals surface area contributed by atoms with Crippen molar-refractivity contribution in [3.63, 3.8) is 0 Å². The van der Waals surface area contributed by atoms with E-state index in [0.717, 1.165) is 5.69 Å². The van der Waals surface area contributed by atoms with Gasteiger partial charge in [0.1, 0.15) is 11.5 Å². The molecular formula is C18H23FN4O2. The second kappa shape index (κ2) is 7.23. The van der Waals surface area contributed by atoms with E-state index in [1.807, 2.05) is 31.7 Å². The SMILES string of the molecule is Cc1cc(C(=O)NCc2ccc(N3C[C@H](C)O[C@@H](C)C3)c(F)c2)n[nH]1. The summed E-state index contributed by atoms with van der Waals surface area (Å²) in [5, 5.41) is 9.37. The van der Waals surface area contributed by atoms with E-state index in [9.17, 15) is 9.18 Å². The molecule has 6 nitrogen and oxygen atoms in total. The maximum atomic E-state index is 14.5. The molecule has 0 aliphatic carbocycles. The maximum Gasteiger partial charge on any atom is 0.272 e. The van der Waals surface area contributed by atoms with Gasteiger partial charge in [-0.25, -0.2) is 4.39 Å². The molecular weight excluding hydrogens is 323 g/mol. The van der Waals surface area contributed by atoms with E-state index in [0.29, 0.717) is 30.0 Å². The van der Waals surface area contributed by atoms with Gasteiger partial charge in [0, 0.05) is 25.3 Å². The Hall–Kier alpha value is -2.41. The van der Waals surface area contributed by atoms with E-state index in [2.05, 4.69) is 15.5 Å². The largest absolute Gasteiger partial charge is 0.372 e. The Morgan fingerprint density at radius 2 is 2.08 bits per heavy atom. The van der Waals surface area contributed by atoms with E-state index in [4.69, 9.17) is 4.74 Å². The van der Waals surface area contributed by atoms with Crippen molar-refractivity contribution >= 4 is 11.6 Å². The fraction of sp³-hybridized carbons (Fsp3) is 0.444. The topological polar surface area (TPSA) is 70.2 Å². The Morgan fingerprint density at radius 3 is 2.68 bits per heavy atom. The first-order chi connectivity index (χ1) is 11.9. The number of halogens is 1. The molecule has 1 aromatic carbocycles. The van der Waals surface area contributed by atoms with Crippen molar-refractivity contribution in [3.8, 4) is 0 Å². The average Bonchev–Trinajstić information content (AvgIpc) is 2.98. The maximum absolute atomic E-state index is 14.5. The van der Waals surface area contributed by atoms with Crippen LogP contribution in [0.3, 0.4) is 0 Å². The summed E-state index contributed by atoms with van der Waals surface area (Å²) in [7, 11) is 0. The van der Waals surface area contributed by atoms with Crippen LogP contribution < -0.4 is 10.2 Å². The number of nitrogens with zero attached hydrogens (tertiary/aromatic N) is 2. The second-order valence-electron chi connectivity index (χ2n) is 6.57. The number of aryl methyl sites for hydroxylation is 1. The number of aromatic nitrogens is 2. The molecule has 3 rings (SSSR count). The fourth-order valence-corrected chi connectivity index (χ4v) is 3.10. The van der Waals surface area contributed by atoms with Crippen LogP contribution in [0.2, 0.25) is 0 Å². The van der Waals surface area contributed by atoms with Gasteiger partial charge >= 0.3 is 0 Å². The zero-order valence-corrected chi connectivity index (χ0v) is 14.7. The summed E-state index contributed by atoms with van der Waals surface area (Å²) in [6.07, 6.45) is 0.138. The number of H-pyrrole nitrogens is 1. The van der Waals surface area contributed by atoms with Crippen molar-refractivity contribution in [3.05, 3.63) is 47.0 Å². The predicted molar refractivity (Wildman–Crippen MR) is 93.1 cm³/mol. The smallest absolute Gasteiger partial charge is 0.272 e. The summed E-state index contributed by atoms with van der Waals surface area (Å²) >= 11 is 0. The quantitative estimate of drug-likeness (QED) is 0.892. The molecule has 1 aliphatic rings. The van der Waals surface area contributed by atoms with Crippen molar-refractivity contribution in [1.82, 2.24) is 15.5 Å². The predicted octanol–water partition coefficient (Wildman–Crippen LogP) is 2.40. The van der Waals surface area contributed by atoms with Gasteiger partial charge in [0.05, 0.1) is 17.9 Å². The zero-order chi connectivity index (χ0) is 18.0. The first-order valence-corrected chi connectivity index (χ1v) is 8.41. The van der Waals surface area contributed by atoms with Crippen LogP contribution in [0, 0.1) is 12.7 Å². The molecule has 1 aromatic heterocycles. The molecule has 0 saturated carbocycles. The standard InChI is InChI=1S/C18H23FN4O2/c1-11-6-16(22-21-11)18(24)20-8-14-4-5-17(15(19)7-14)23-9-12(2)25-13(3)10-23/h4-7,12-13H,8-10H2,1-3H3,(H,20,24)(H,21,22)/t12-,13-/m0/s1. The van der Waals surface area contributed by atoms with Crippen molar-refractivity contribution in [2.24, 2.45) is 0 Å². The monoisotopic (exact) mass is 346 g/mol. The summed E-state index contributed by atoms with van der Waals surface area (Å²) in [5.41, 5.74) is 2.41. The molecule has 0 unspecified atom stereocenters.